The summed E-state index contributed by atoms with van der Waals surface area (Å²) in [6.07, 6.45) is 0. The van der Waals surface area contributed by atoms with Gasteiger partial charge in [0.15, 0.2) is 16.4 Å². The van der Waals surface area contributed by atoms with Crippen molar-refractivity contribution in [2.75, 3.05) is 16.2 Å². The van der Waals surface area contributed by atoms with Gasteiger partial charge in [-0.05, 0) is 82.1 Å². The van der Waals surface area contributed by atoms with Gasteiger partial charge in [0.1, 0.15) is 12.2 Å². The molecule has 168 valence electrons. The monoisotopic (exact) mass is 455 g/mol. The van der Waals surface area contributed by atoms with Crippen molar-refractivity contribution in [3.63, 3.8) is 0 Å². The van der Waals surface area contributed by atoms with Crippen molar-refractivity contribution in [2.45, 2.75) is 39.5 Å². The second-order valence-electron chi connectivity index (χ2n) is 7.69. The molecule has 0 aliphatic heterocycles. The summed E-state index contributed by atoms with van der Waals surface area (Å²) in [7, 11) is -4.14. The molecule has 1 heterocycles. The molecule has 3 rings (SSSR count). The second kappa shape index (κ2) is 8.96. The maximum Gasteiger partial charge on any atom is 0.270 e. The van der Waals surface area contributed by atoms with Gasteiger partial charge in [-0.3, -0.25) is 13.9 Å². The first-order valence-corrected chi connectivity index (χ1v) is 11.4. The average Bonchev–Trinajstić information content (AvgIpc) is 3.04. The smallest absolute Gasteiger partial charge is 0.270 e. The lowest BCUT2D eigenvalue weighted by Crippen LogP contribution is -2.38. The van der Waals surface area contributed by atoms with E-state index in [1.165, 1.54) is 13.8 Å². The topological polar surface area (TPSA) is 110 Å². The van der Waals surface area contributed by atoms with E-state index >= 15 is 0 Å². The first-order valence-electron chi connectivity index (χ1n) is 9.94. The third-order valence-corrected chi connectivity index (χ3v) is 6.89. The number of hydrogen-bond acceptors (Lipinski definition) is 6. The number of nitrogens with zero attached hydrogens (tertiary/aromatic N) is 2. The highest BCUT2D eigenvalue weighted by molar-refractivity contribution is 7.93. The maximum atomic E-state index is 13.6. The number of aryl methyl sites for hydroxylation is 4. The first-order chi connectivity index (χ1) is 15.0. The zero-order valence-corrected chi connectivity index (χ0v) is 19.4. The van der Waals surface area contributed by atoms with Crippen molar-refractivity contribution in [1.82, 2.24) is 5.16 Å². The van der Waals surface area contributed by atoms with Crippen molar-refractivity contribution < 1.29 is 22.5 Å². The fourth-order valence-electron chi connectivity index (χ4n) is 3.48. The van der Waals surface area contributed by atoms with Crippen molar-refractivity contribution in [1.29, 1.82) is 0 Å². The summed E-state index contributed by atoms with van der Waals surface area (Å²) in [4.78, 5) is 24.2. The molecular weight excluding hydrogens is 430 g/mol. The maximum absolute atomic E-state index is 13.6. The van der Waals surface area contributed by atoms with Crippen molar-refractivity contribution in [3.05, 3.63) is 70.6 Å². The minimum Gasteiger partial charge on any atom is -0.360 e. The number of ketones is 1. The molecule has 0 saturated heterocycles. The molecule has 8 nitrogen and oxygen atoms in total. The van der Waals surface area contributed by atoms with Crippen molar-refractivity contribution in [3.8, 4) is 0 Å². The summed E-state index contributed by atoms with van der Waals surface area (Å²) in [5.74, 6) is -0.471. The van der Waals surface area contributed by atoms with E-state index in [2.05, 4.69) is 10.5 Å². The minimum absolute atomic E-state index is 0.0599. The Bertz CT molecular complexity index is 1240. The molecule has 0 radical (unpaired) electrons. The Kier molecular flexibility index (Phi) is 6.50. The largest absolute Gasteiger partial charge is 0.360 e. The van der Waals surface area contributed by atoms with Gasteiger partial charge in [0.25, 0.3) is 10.0 Å². The third-order valence-electron chi connectivity index (χ3n) is 4.87. The normalized spacial score (nSPS) is 11.3. The zero-order chi connectivity index (χ0) is 23.6. The number of amides is 1. The van der Waals surface area contributed by atoms with Crippen LogP contribution >= 0.6 is 0 Å². The van der Waals surface area contributed by atoms with Gasteiger partial charge >= 0.3 is 0 Å². The van der Waals surface area contributed by atoms with E-state index in [9.17, 15) is 18.0 Å². The molecular formula is C23H25N3O5S. The van der Waals surface area contributed by atoms with Gasteiger partial charge in [-0.15, -0.1) is 0 Å². The number of nitrogens with one attached hydrogen (secondary N) is 1. The predicted octanol–water partition coefficient (Wildman–Crippen LogP) is 3.94. The molecule has 9 heteroatoms. The van der Waals surface area contributed by atoms with E-state index in [0.29, 0.717) is 16.9 Å². The van der Waals surface area contributed by atoms with E-state index in [4.69, 9.17) is 4.52 Å². The molecule has 2 aromatic carbocycles. The Labute approximate surface area is 187 Å². The molecule has 0 aliphatic rings. The van der Waals surface area contributed by atoms with E-state index in [0.717, 1.165) is 15.4 Å². The number of sulfonamides is 1. The highest BCUT2D eigenvalue weighted by atomic mass is 32.2. The summed E-state index contributed by atoms with van der Waals surface area (Å²) in [5, 5.41) is 6.44. The Morgan fingerprint density at radius 1 is 1.00 bits per heavy atom. The van der Waals surface area contributed by atoms with Crippen LogP contribution in [0.5, 0.6) is 0 Å². The Morgan fingerprint density at radius 2 is 1.59 bits per heavy atom. The van der Waals surface area contributed by atoms with Crippen LogP contribution in [-0.4, -0.2) is 31.8 Å². The highest BCUT2D eigenvalue weighted by Crippen LogP contribution is 2.29. The van der Waals surface area contributed by atoms with Gasteiger partial charge in [-0.25, -0.2) is 8.42 Å². The standard InChI is InChI=1S/C23H25N3O5S/c1-14-10-15(2)12-21(11-14)26(32(29,30)23-16(3)25-31-18(23)5)13-22(28)24-20-8-6-19(7-9-20)17(4)27/h6-12H,13H2,1-5H3,(H,24,28). The lowest BCUT2D eigenvalue weighted by molar-refractivity contribution is -0.114. The number of benzene rings is 2. The highest BCUT2D eigenvalue weighted by Gasteiger charge is 2.33. The molecule has 3 aromatic rings. The van der Waals surface area contributed by atoms with E-state index in [1.807, 2.05) is 19.9 Å². The fourth-order valence-corrected chi connectivity index (χ4v) is 5.18. The lowest BCUT2D eigenvalue weighted by atomic mass is 10.1. The molecule has 1 amide bonds. The van der Waals surface area contributed by atoms with Crippen LogP contribution in [-0.2, 0) is 14.8 Å². The van der Waals surface area contributed by atoms with E-state index in [-0.39, 0.29) is 22.1 Å². The Hall–Kier alpha value is -3.46. The van der Waals surface area contributed by atoms with Gasteiger partial charge in [0.05, 0.1) is 5.69 Å². The number of carbonyl (C=O) groups is 2. The number of hydrogen-bond donors (Lipinski definition) is 1. The lowest BCUT2D eigenvalue weighted by Gasteiger charge is -2.24. The van der Waals surface area contributed by atoms with Crippen molar-refractivity contribution in [2.24, 2.45) is 0 Å². The SMILES string of the molecule is CC(=O)c1ccc(NC(=O)CN(c2cc(C)cc(C)c2)S(=O)(=O)c2c(C)noc2C)cc1. The van der Waals surface area contributed by atoms with Crippen LogP contribution in [0.1, 0.15) is 39.9 Å². The number of carbonyl (C=O) groups excluding carboxylic acids is 2. The van der Waals surface area contributed by atoms with Gasteiger partial charge in [-0.1, -0.05) is 11.2 Å². The first kappa shape index (κ1) is 23.2. The second-order valence-corrected chi connectivity index (χ2v) is 9.49. The van der Waals surface area contributed by atoms with Crippen LogP contribution in [0.25, 0.3) is 0 Å². The molecule has 0 saturated carbocycles. The van der Waals surface area contributed by atoms with E-state index in [1.54, 1.807) is 43.3 Å². The molecule has 32 heavy (non-hydrogen) atoms. The Morgan fingerprint density at radius 3 is 2.09 bits per heavy atom. The predicted molar refractivity (Wildman–Crippen MR) is 122 cm³/mol. The van der Waals surface area contributed by atoms with Crippen LogP contribution in [0.2, 0.25) is 0 Å². The van der Waals surface area contributed by atoms with Crippen molar-refractivity contribution >= 4 is 33.1 Å². The van der Waals surface area contributed by atoms with E-state index < -0.39 is 22.5 Å². The molecule has 0 atom stereocenters. The van der Waals surface area contributed by atoms with Gasteiger partial charge in [0, 0.05) is 11.3 Å². The van der Waals surface area contributed by atoms with Gasteiger partial charge < -0.3 is 9.84 Å². The summed E-state index contributed by atoms with van der Waals surface area (Å²) in [5.41, 5.74) is 3.27. The molecule has 0 fully saturated rings. The molecule has 0 bridgehead atoms. The Balaban J connectivity index is 1.97. The third kappa shape index (κ3) is 4.88. The summed E-state index contributed by atoms with van der Waals surface area (Å²) < 4.78 is 33.3. The van der Waals surface area contributed by atoms with Crippen LogP contribution in [0.3, 0.4) is 0 Å². The number of rotatable bonds is 7. The average molecular weight is 456 g/mol. The van der Waals surface area contributed by atoms with Crippen LogP contribution < -0.4 is 9.62 Å². The van der Waals surface area contributed by atoms with Crippen LogP contribution in [0.4, 0.5) is 11.4 Å². The summed E-state index contributed by atoms with van der Waals surface area (Å²) in [6.45, 7) is 7.77. The minimum atomic E-state index is -4.14. The summed E-state index contributed by atoms with van der Waals surface area (Å²) in [6, 6.07) is 11.7. The molecule has 0 aliphatic carbocycles. The van der Waals surface area contributed by atoms with Gasteiger partial charge in [-0.2, -0.15) is 0 Å². The van der Waals surface area contributed by atoms with Crippen LogP contribution in [0.15, 0.2) is 51.9 Å². The molecule has 1 aromatic heterocycles. The molecule has 0 unspecified atom stereocenters. The quantitative estimate of drug-likeness (QED) is 0.540. The number of aromatic nitrogens is 1. The fraction of sp³-hybridized carbons (Fsp3) is 0.261. The number of anilines is 2. The molecule has 1 N–H and O–H groups in total. The summed E-state index contributed by atoms with van der Waals surface area (Å²) >= 11 is 0. The van der Waals surface area contributed by atoms with Crippen LogP contribution in [0, 0.1) is 27.7 Å². The number of Topliss-reactive ketones (excluding diaryl/α,β-unsaturated/α-hetero) is 1. The van der Waals surface area contributed by atoms with Gasteiger partial charge in [0.2, 0.25) is 5.91 Å². The zero-order valence-electron chi connectivity index (χ0n) is 18.6. The molecule has 0 spiro atoms.